The predicted octanol–water partition coefficient (Wildman–Crippen LogP) is 10.1. The SMILES string of the molecule is CCC1C(O)C2C3CCC(CCCCOC(=O)C(C)(C)Oc4ccc(C(=O)c5ccc(Cl)cc5)cc4)C3(C)CCC2C2(C)CCCCC12. The zero-order valence-electron chi connectivity index (χ0n) is 29.8. The van der Waals surface area contributed by atoms with E-state index in [1.807, 2.05) is 0 Å². The molecule has 0 bridgehead atoms. The summed E-state index contributed by atoms with van der Waals surface area (Å²) >= 11 is 5.95. The smallest absolute Gasteiger partial charge is 0.349 e. The number of unbranched alkanes of at least 4 members (excludes halogenated alkanes) is 1. The van der Waals surface area contributed by atoms with Crippen LogP contribution >= 0.6 is 11.6 Å². The van der Waals surface area contributed by atoms with Crippen LogP contribution in [-0.2, 0) is 9.53 Å². The largest absolute Gasteiger partial charge is 0.476 e. The lowest BCUT2D eigenvalue weighted by Crippen LogP contribution is -2.61. The normalized spacial score (nSPS) is 34.4. The average molecular weight is 677 g/mol. The van der Waals surface area contributed by atoms with Gasteiger partial charge in [-0.15, -0.1) is 0 Å². The van der Waals surface area contributed by atoms with Crippen LogP contribution in [-0.4, -0.2) is 35.2 Å². The number of esters is 1. The Hall–Kier alpha value is -2.37. The quantitative estimate of drug-likeness (QED) is 0.146. The van der Waals surface area contributed by atoms with Gasteiger partial charge in [0.15, 0.2) is 11.4 Å². The van der Waals surface area contributed by atoms with E-state index in [-0.39, 0.29) is 17.9 Å². The van der Waals surface area contributed by atoms with Crippen molar-refractivity contribution < 1.29 is 24.2 Å². The molecule has 4 fully saturated rings. The maximum absolute atomic E-state index is 13.0. The number of fused-ring (bicyclic) bond motifs is 5. The van der Waals surface area contributed by atoms with Gasteiger partial charge in [0.05, 0.1) is 12.7 Å². The third-order valence-electron chi connectivity index (χ3n) is 13.8. The standard InChI is InChI=1S/C42H57ClO5/c1-6-32-33-12-7-9-24-42(33,5)35-23-25-41(4)29(17-22-34(41)36(35)38(32)45)11-8-10-26-47-39(46)40(2,3)48-31-20-15-28(16-21-31)37(44)27-13-18-30(43)19-14-27/h13-16,18-21,29,32-36,38,45H,6-12,17,22-26H2,1-5H3. The lowest BCUT2D eigenvalue weighted by Gasteiger charge is -2.64. The van der Waals surface area contributed by atoms with Crippen LogP contribution in [0.5, 0.6) is 5.75 Å². The summed E-state index contributed by atoms with van der Waals surface area (Å²) in [6.07, 6.45) is 14.5. The van der Waals surface area contributed by atoms with Gasteiger partial charge in [-0.05, 0) is 167 Å². The fraction of sp³-hybridized carbons (Fsp3) is 0.667. The van der Waals surface area contributed by atoms with E-state index in [1.165, 1.54) is 51.4 Å². The first-order valence-corrected chi connectivity index (χ1v) is 19.2. The van der Waals surface area contributed by atoms with Crippen molar-refractivity contribution in [2.75, 3.05) is 6.61 Å². The molecule has 0 spiro atoms. The molecule has 5 nitrogen and oxygen atoms in total. The number of hydrogen-bond donors (Lipinski definition) is 1. The number of ketones is 1. The Morgan fingerprint density at radius 1 is 0.854 bits per heavy atom. The summed E-state index contributed by atoms with van der Waals surface area (Å²) in [5.74, 6) is 3.62. The fourth-order valence-corrected chi connectivity index (χ4v) is 11.4. The minimum atomic E-state index is -1.16. The number of halogens is 1. The van der Waals surface area contributed by atoms with Crippen LogP contribution in [0, 0.1) is 46.3 Å². The Labute approximate surface area is 293 Å². The third-order valence-corrected chi connectivity index (χ3v) is 14.0. The van der Waals surface area contributed by atoms with Crippen molar-refractivity contribution >= 4 is 23.4 Å². The molecule has 4 saturated carbocycles. The minimum Gasteiger partial charge on any atom is -0.476 e. The van der Waals surface area contributed by atoms with Crippen molar-refractivity contribution in [2.24, 2.45) is 46.3 Å². The van der Waals surface area contributed by atoms with Crippen molar-refractivity contribution in [1.29, 1.82) is 0 Å². The topological polar surface area (TPSA) is 72.8 Å². The fourth-order valence-electron chi connectivity index (χ4n) is 11.2. The summed E-state index contributed by atoms with van der Waals surface area (Å²) < 4.78 is 11.7. The molecule has 2 aromatic carbocycles. The van der Waals surface area contributed by atoms with Crippen LogP contribution in [0.2, 0.25) is 5.02 Å². The second-order valence-corrected chi connectivity index (χ2v) is 17.1. The van der Waals surface area contributed by atoms with Crippen molar-refractivity contribution in [3.8, 4) is 5.75 Å². The summed E-state index contributed by atoms with van der Waals surface area (Å²) in [5.41, 5.74) is 0.653. The van der Waals surface area contributed by atoms with E-state index >= 15 is 0 Å². The van der Waals surface area contributed by atoms with Crippen LogP contribution in [0.1, 0.15) is 128 Å². The molecule has 0 radical (unpaired) electrons. The molecule has 48 heavy (non-hydrogen) atoms. The van der Waals surface area contributed by atoms with Gasteiger partial charge >= 0.3 is 5.97 Å². The van der Waals surface area contributed by atoms with Crippen LogP contribution in [0.4, 0.5) is 0 Å². The number of carbonyl (C=O) groups excluding carboxylic acids is 2. The van der Waals surface area contributed by atoms with Gasteiger partial charge in [0.25, 0.3) is 0 Å². The number of aliphatic hydroxyl groups is 1. The first-order valence-electron chi connectivity index (χ1n) is 18.8. The highest BCUT2D eigenvalue weighted by Crippen LogP contribution is 2.69. The Bertz CT molecular complexity index is 1430. The van der Waals surface area contributed by atoms with Crippen molar-refractivity contribution in [3.05, 3.63) is 64.7 Å². The average Bonchev–Trinajstić information content (AvgIpc) is 3.41. The molecular formula is C42H57ClO5. The molecule has 9 unspecified atom stereocenters. The monoisotopic (exact) mass is 676 g/mol. The van der Waals surface area contributed by atoms with E-state index in [9.17, 15) is 14.7 Å². The Morgan fingerprint density at radius 3 is 2.21 bits per heavy atom. The second kappa shape index (κ2) is 14.1. The molecule has 0 aromatic heterocycles. The molecule has 0 saturated heterocycles. The molecule has 4 aliphatic carbocycles. The van der Waals surface area contributed by atoms with Crippen LogP contribution in [0.15, 0.2) is 48.5 Å². The van der Waals surface area contributed by atoms with E-state index < -0.39 is 5.60 Å². The number of carbonyl (C=O) groups is 2. The minimum absolute atomic E-state index is 0.102. The van der Waals surface area contributed by atoms with Crippen LogP contribution < -0.4 is 4.74 Å². The zero-order chi connectivity index (χ0) is 34.3. The van der Waals surface area contributed by atoms with Crippen molar-refractivity contribution in [2.45, 2.75) is 123 Å². The highest BCUT2D eigenvalue weighted by molar-refractivity contribution is 6.30. The van der Waals surface area contributed by atoms with Crippen LogP contribution in [0.3, 0.4) is 0 Å². The molecule has 0 amide bonds. The molecular weight excluding hydrogens is 620 g/mol. The Kier molecular flexibility index (Phi) is 10.4. The summed E-state index contributed by atoms with van der Waals surface area (Å²) in [4.78, 5) is 25.8. The Morgan fingerprint density at radius 2 is 1.52 bits per heavy atom. The van der Waals surface area contributed by atoms with Gasteiger partial charge in [0.1, 0.15) is 5.75 Å². The van der Waals surface area contributed by atoms with Gasteiger partial charge in [0, 0.05) is 16.1 Å². The van der Waals surface area contributed by atoms with E-state index in [1.54, 1.807) is 62.4 Å². The van der Waals surface area contributed by atoms with Crippen molar-refractivity contribution in [1.82, 2.24) is 0 Å². The lowest BCUT2D eigenvalue weighted by atomic mass is 9.41. The highest BCUT2D eigenvalue weighted by Gasteiger charge is 2.63. The maximum Gasteiger partial charge on any atom is 0.349 e. The molecule has 1 N–H and O–H groups in total. The van der Waals surface area contributed by atoms with E-state index in [2.05, 4.69) is 20.8 Å². The molecule has 6 rings (SSSR count). The number of aliphatic hydroxyl groups excluding tert-OH is 1. The molecule has 0 aliphatic heterocycles. The zero-order valence-corrected chi connectivity index (χ0v) is 30.6. The first kappa shape index (κ1) is 35.5. The molecule has 4 aliphatic rings. The third kappa shape index (κ3) is 6.60. The maximum atomic E-state index is 13.0. The molecule has 262 valence electrons. The Balaban J connectivity index is 0.977. The molecule has 6 heteroatoms. The number of rotatable bonds is 11. The van der Waals surface area contributed by atoms with Gasteiger partial charge in [-0.2, -0.15) is 0 Å². The van der Waals surface area contributed by atoms with Crippen molar-refractivity contribution in [3.63, 3.8) is 0 Å². The predicted molar refractivity (Wildman–Crippen MR) is 191 cm³/mol. The van der Waals surface area contributed by atoms with Gasteiger partial charge in [-0.1, -0.05) is 51.6 Å². The first-order chi connectivity index (χ1) is 22.9. The summed E-state index contributed by atoms with van der Waals surface area (Å²) in [5, 5.41) is 12.5. The molecule has 9 atom stereocenters. The lowest BCUT2D eigenvalue weighted by molar-refractivity contribution is -0.193. The molecule has 2 aromatic rings. The van der Waals surface area contributed by atoms with Gasteiger partial charge in [-0.3, -0.25) is 4.79 Å². The number of benzene rings is 2. The van der Waals surface area contributed by atoms with E-state index in [0.29, 0.717) is 74.8 Å². The highest BCUT2D eigenvalue weighted by atomic mass is 35.5. The number of ether oxygens (including phenoxy) is 2. The second-order valence-electron chi connectivity index (χ2n) is 16.6. The number of hydrogen-bond acceptors (Lipinski definition) is 5. The molecule has 0 heterocycles. The van der Waals surface area contributed by atoms with E-state index in [4.69, 9.17) is 21.1 Å². The van der Waals surface area contributed by atoms with E-state index in [0.717, 1.165) is 25.7 Å². The van der Waals surface area contributed by atoms with Gasteiger partial charge in [0.2, 0.25) is 0 Å². The van der Waals surface area contributed by atoms with Gasteiger partial charge < -0.3 is 14.6 Å². The summed E-state index contributed by atoms with van der Waals surface area (Å²) in [6.45, 7) is 11.3. The summed E-state index contributed by atoms with van der Waals surface area (Å²) in [6, 6.07) is 13.6. The summed E-state index contributed by atoms with van der Waals surface area (Å²) in [7, 11) is 0. The van der Waals surface area contributed by atoms with Crippen LogP contribution in [0.25, 0.3) is 0 Å². The van der Waals surface area contributed by atoms with Gasteiger partial charge in [-0.25, -0.2) is 4.79 Å².